The smallest absolute Gasteiger partial charge is 0.322 e. The molecule has 1 aromatic rings. The Hall–Kier alpha value is -3.33. The molecule has 1 N–H and O–H groups in total. The molecule has 3 heterocycles. The number of carbonyl (C=O) groups excluding carboxylic acids is 4. The zero-order valence-corrected chi connectivity index (χ0v) is 20.4. The second-order valence-corrected chi connectivity index (χ2v) is 9.16. The van der Waals surface area contributed by atoms with E-state index in [1.807, 2.05) is 0 Å². The van der Waals surface area contributed by atoms with Crippen LogP contribution in [0.1, 0.15) is 31.4 Å². The van der Waals surface area contributed by atoms with Crippen molar-refractivity contribution in [3.05, 3.63) is 58.8 Å². The first kappa shape index (κ1) is 24.8. The van der Waals surface area contributed by atoms with Gasteiger partial charge in [0.25, 0.3) is 5.91 Å². The van der Waals surface area contributed by atoms with Crippen molar-refractivity contribution in [3.8, 4) is 0 Å². The van der Waals surface area contributed by atoms with Crippen LogP contribution in [0.5, 0.6) is 0 Å². The molecule has 0 spiro atoms. The SMILES string of the molecule is C=CCN1C(=O)N[C@@H](c2ccccc2Cl)C2=C1CN(CC(=O)N1CCC[C@@H](C(=O)OCC)C1)C2=O. The number of esters is 1. The fourth-order valence-corrected chi connectivity index (χ4v) is 5.11. The Bertz CT molecular complexity index is 1090. The van der Waals surface area contributed by atoms with Gasteiger partial charge < -0.3 is 19.9 Å². The molecule has 0 unspecified atom stereocenters. The van der Waals surface area contributed by atoms with Crippen molar-refractivity contribution in [3.63, 3.8) is 0 Å². The van der Waals surface area contributed by atoms with E-state index >= 15 is 0 Å². The molecule has 1 aromatic carbocycles. The summed E-state index contributed by atoms with van der Waals surface area (Å²) in [4.78, 5) is 56.3. The van der Waals surface area contributed by atoms with Crippen molar-refractivity contribution in [2.45, 2.75) is 25.8 Å². The van der Waals surface area contributed by atoms with Crippen molar-refractivity contribution in [1.29, 1.82) is 0 Å². The predicted molar refractivity (Wildman–Crippen MR) is 129 cm³/mol. The van der Waals surface area contributed by atoms with Gasteiger partial charge in [0.2, 0.25) is 5.91 Å². The molecular formula is C25H29ClN4O5. The van der Waals surface area contributed by atoms with Gasteiger partial charge in [-0.15, -0.1) is 6.58 Å². The van der Waals surface area contributed by atoms with Gasteiger partial charge in [0.05, 0.1) is 36.4 Å². The Morgan fingerprint density at radius 1 is 1.29 bits per heavy atom. The molecule has 4 amide bonds. The van der Waals surface area contributed by atoms with Crippen LogP contribution in [0.25, 0.3) is 0 Å². The molecule has 35 heavy (non-hydrogen) atoms. The number of likely N-dealkylation sites (tertiary alicyclic amines) is 1. The molecule has 1 fully saturated rings. The van der Waals surface area contributed by atoms with E-state index in [1.165, 1.54) is 9.80 Å². The fourth-order valence-electron chi connectivity index (χ4n) is 4.86. The lowest BCUT2D eigenvalue weighted by molar-refractivity contribution is -0.152. The number of hydrogen-bond acceptors (Lipinski definition) is 5. The molecule has 3 aliphatic rings. The van der Waals surface area contributed by atoms with Crippen LogP contribution in [0.3, 0.4) is 0 Å². The van der Waals surface area contributed by atoms with Crippen molar-refractivity contribution in [1.82, 2.24) is 20.0 Å². The predicted octanol–water partition coefficient (Wildman–Crippen LogP) is 2.49. The number of nitrogens with zero attached hydrogens (tertiary/aromatic N) is 3. The standard InChI is InChI=1S/C25H29ClN4O5/c1-3-11-30-19-14-29(15-20(31)28-12-7-8-16(13-28)24(33)35-4-2)23(32)21(19)22(27-25(30)34)17-9-5-6-10-18(17)26/h3,5-6,9-10,16,22H,1,4,7-8,11-15H2,2H3,(H,27,34)/t16-,22+/m1/s1. The lowest BCUT2D eigenvalue weighted by Gasteiger charge is -2.33. The van der Waals surface area contributed by atoms with Crippen LogP contribution in [0, 0.1) is 5.92 Å². The number of piperidine rings is 1. The van der Waals surface area contributed by atoms with E-state index in [-0.39, 0.29) is 55.9 Å². The first-order valence-corrected chi connectivity index (χ1v) is 12.1. The van der Waals surface area contributed by atoms with Crippen LogP contribution in [-0.4, -0.2) is 77.8 Å². The zero-order valence-electron chi connectivity index (χ0n) is 19.7. The Balaban J connectivity index is 1.54. The summed E-state index contributed by atoms with van der Waals surface area (Å²) in [6.45, 7) is 6.76. The second kappa shape index (κ2) is 10.5. The number of amides is 4. The normalized spacial score (nSPS) is 22.2. The van der Waals surface area contributed by atoms with Crippen LogP contribution < -0.4 is 5.32 Å². The van der Waals surface area contributed by atoms with Gasteiger partial charge in [-0.2, -0.15) is 0 Å². The Morgan fingerprint density at radius 2 is 2.06 bits per heavy atom. The third-order valence-corrected chi connectivity index (χ3v) is 6.89. The van der Waals surface area contributed by atoms with Gasteiger partial charge in [-0.05, 0) is 31.4 Å². The second-order valence-electron chi connectivity index (χ2n) is 8.76. The van der Waals surface area contributed by atoms with E-state index in [0.29, 0.717) is 47.8 Å². The van der Waals surface area contributed by atoms with Crippen LogP contribution in [-0.2, 0) is 19.1 Å². The van der Waals surface area contributed by atoms with Crippen LogP contribution in [0.15, 0.2) is 48.2 Å². The summed E-state index contributed by atoms with van der Waals surface area (Å²) in [7, 11) is 0. The minimum Gasteiger partial charge on any atom is -0.466 e. The van der Waals surface area contributed by atoms with E-state index in [1.54, 1.807) is 42.2 Å². The number of halogens is 1. The summed E-state index contributed by atoms with van der Waals surface area (Å²) in [6, 6.07) is 5.97. The largest absolute Gasteiger partial charge is 0.466 e. The van der Waals surface area contributed by atoms with Crippen LogP contribution in [0.4, 0.5) is 4.79 Å². The van der Waals surface area contributed by atoms with Gasteiger partial charge in [-0.3, -0.25) is 19.3 Å². The van der Waals surface area contributed by atoms with Gasteiger partial charge in [0, 0.05) is 24.7 Å². The highest BCUT2D eigenvalue weighted by Gasteiger charge is 2.45. The van der Waals surface area contributed by atoms with Crippen molar-refractivity contribution < 1.29 is 23.9 Å². The Kier molecular flexibility index (Phi) is 7.45. The summed E-state index contributed by atoms with van der Waals surface area (Å²) < 4.78 is 5.12. The van der Waals surface area contributed by atoms with Gasteiger partial charge in [0.15, 0.2) is 0 Å². The summed E-state index contributed by atoms with van der Waals surface area (Å²) in [5, 5.41) is 3.31. The molecule has 1 saturated heterocycles. The van der Waals surface area contributed by atoms with E-state index in [9.17, 15) is 19.2 Å². The van der Waals surface area contributed by atoms with Crippen LogP contribution >= 0.6 is 11.6 Å². The molecule has 186 valence electrons. The van der Waals surface area contributed by atoms with E-state index in [2.05, 4.69) is 11.9 Å². The van der Waals surface area contributed by atoms with Gasteiger partial charge in [-0.25, -0.2) is 4.79 Å². The fraction of sp³-hybridized carbons (Fsp3) is 0.440. The maximum Gasteiger partial charge on any atom is 0.322 e. The number of carbonyl (C=O) groups is 4. The number of rotatable bonds is 7. The number of nitrogens with one attached hydrogen (secondary N) is 1. The molecule has 0 bridgehead atoms. The molecule has 0 aliphatic carbocycles. The van der Waals surface area contributed by atoms with E-state index < -0.39 is 6.04 Å². The van der Waals surface area contributed by atoms with E-state index in [0.717, 1.165) is 0 Å². The molecule has 9 nitrogen and oxygen atoms in total. The third kappa shape index (κ3) is 4.91. The Labute approximate surface area is 209 Å². The maximum atomic E-state index is 13.5. The average molecular weight is 501 g/mol. The van der Waals surface area contributed by atoms with Crippen molar-refractivity contribution in [2.24, 2.45) is 5.92 Å². The van der Waals surface area contributed by atoms with Crippen molar-refractivity contribution in [2.75, 3.05) is 39.3 Å². The number of hydrogen-bond donors (Lipinski definition) is 1. The maximum absolute atomic E-state index is 13.5. The minimum absolute atomic E-state index is 0.122. The Morgan fingerprint density at radius 3 is 2.77 bits per heavy atom. The average Bonchev–Trinajstić information content (AvgIpc) is 3.17. The molecule has 4 rings (SSSR count). The van der Waals surface area contributed by atoms with Gasteiger partial charge in [0.1, 0.15) is 6.54 Å². The number of urea groups is 1. The van der Waals surface area contributed by atoms with Gasteiger partial charge >= 0.3 is 12.0 Å². The zero-order chi connectivity index (χ0) is 25.1. The minimum atomic E-state index is -0.719. The highest BCUT2D eigenvalue weighted by atomic mass is 35.5. The molecule has 0 saturated carbocycles. The highest BCUT2D eigenvalue weighted by molar-refractivity contribution is 6.31. The quantitative estimate of drug-likeness (QED) is 0.458. The molecule has 3 aliphatic heterocycles. The van der Waals surface area contributed by atoms with Crippen molar-refractivity contribution >= 4 is 35.4 Å². The summed E-state index contributed by atoms with van der Waals surface area (Å²) in [5.41, 5.74) is 1.55. The lowest BCUT2D eigenvalue weighted by Crippen LogP contribution is -2.47. The van der Waals surface area contributed by atoms with Gasteiger partial charge in [-0.1, -0.05) is 35.9 Å². The molecule has 2 atom stereocenters. The molecule has 0 radical (unpaired) electrons. The molecular weight excluding hydrogens is 472 g/mol. The molecule has 10 heteroatoms. The summed E-state index contributed by atoms with van der Waals surface area (Å²) in [5.74, 6) is -1.23. The van der Waals surface area contributed by atoms with Crippen LogP contribution in [0.2, 0.25) is 5.02 Å². The first-order valence-electron chi connectivity index (χ1n) is 11.8. The lowest BCUT2D eigenvalue weighted by atomic mass is 9.95. The topological polar surface area (TPSA) is 99.3 Å². The first-order chi connectivity index (χ1) is 16.8. The number of benzene rings is 1. The summed E-state index contributed by atoms with van der Waals surface area (Å²) >= 11 is 6.40. The van der Waals surface area contributed by atoms with E-state index in [4.69, 9.17) is 16.3 Å². The monoisotopic (exact) mass is 500 g/mol. The third-order valence-electron chi connectivity index (χ3n) is 6.54. The number of ether oxygens (including phenoxy) is 1. The summed E-state index contributed by atoms with van der Waals surface area (Å²) in [6.07, 6.45) is 2.95. The highest BCUT2D eigenvalue weighted by Crippen LogP contribution is 2.38. The molecule has 0 aromatic heterocycles.